The van der Waals surface area contributed by atoms with Gasteiger partial charge >= 0.3 is 0 Å². The number of aryl methyl sites for hydroxylation is 1. The van der Waals surface area contributed by atoms with Gasteiger partial charge in [-0.3, -0.25) is 4.79 Å². The molecule has 2 aromatic carbocycles. The number of thiocarbonyl (C=S) groups is 1. The normalized spacial score (nSPS) is 10.1. The number of hydrogen-bond donors (Lipinski definition) is 2. The molecular formula is C16H14BrClN2OS. The van der Waals surface area contributed by atoms with Gasteiger partial charge in [-0.25, -0.2) is 0 Å². The minimum atomic E-state index is -0.121. The van der Waals surface area contributed by atoms with Gasteiger partial charge in [0.05, 0.1) is 5.02 Å². The average molecular weight is 398 g/mol. The number of hydrogen-bond acceptors (Lipinski definition) is 2. The molecular weight excluding hydrogens is 384 g/mol. The lowest BCUT2D eigenvalue weighted by molar-refractivity contribution is -0.119. The fourth-order valence-electron chi connectivity index (χ4n) is 1.83. The third-order valence-electron chi connectivity index (χ3n) is 2.91. The molecule has 2 rings (SSSR count). The third-order valence-corrected chi connectivity index (χ3v) is 4.35. The van der Waals surface area contributed by atoms with Gasteiger partial charge < -0.3 is 10.6 Å². The predicted octanol–water partition coefficient (Wildman–Crippen LogP) is 4.55. The Labute approximate surface area is 148 Å². The van der Waals surface area contributed by atoms with Crippen molar-refractivity contribution in [3.8, 4) is 0 Å². The quantitative estimate of drug-likeness (QED) is 0.744. The standard InChI is InChI=1S/C16H14BrClN2OS/c17-13-8-7-12(10-14(13)18)19-16(22)20-15(21)9-6-11-4-2-1-3-5-11/h1-5,7-8,10H,6,9H2,(H2,19,20,21,22). The van der Waals surface area contributed by atoms with Crippen LogP contribution in [-0.4, -0.2) is 11.0 Å². The van der Waals surface area contributed by atoms with Crippen LogP contribution < -0.4 is 10.6 Å². The fourth-order valence-corrected chi connectivity index (χ4v) is 2.49. The van der Waals surface area contributed by atoms with E-state index in [0.717, 1.165) is 15.7 Å². The van der Waals surface area contributed by atoms with Crippen molar-refractivity contribution in [3.63, 3.8) is 0 Å². The maximum absolute atomic E-state index is 11.9. The van der Waals surface area contributed by atoms with Crippen LogP contribution in [-0.2, 0) is 11.2 Å². The van der Waals surface area contributed by atoms with E-state index in [4.69, 9.17) is 23.8 Å². The predicted molar refractivity (Wildman–Crippen MR) is 98.3 cm³/mol. The first-order chi connectivity index (χ1) is 10.5. The van der Waals surface area contributed by atoms with Crippen molar-refractivity contribution in [2.75, 3.05) is 5.32 Å². The van der Waals surface area contributed by atoms with Crippen LogP contribution in [0.1, 0.15) is 12.0 Å². The first-order valence-electron chi connectivity index (χ1n) is 6.64. The van der Waals surface area contributed by atoms with Gasteiger partial charge in [0, 0.05) is 16.6 Å². The van der Waals surface area contributed by atoms with E-state index in [0.29, 0.717) is 17.9 Å². The van der Waals surface area contributed by atoms with Crippen molar-refractivity contribution >= 4 is 56.5 Å². The Morgan fingerprint density at radius 1 is 1.18 bits per heavy atom. The minimum Gasteiger partial charge on any atom is -0.332 e. The van der Waals surface area contributed by atoms with Crippen molar-refractivity contribution in [2.45, 2.75) is 12.8 Å². The minimum absolute atomic E-state index is 0.121. The van der Waals surface area contributed by atoms with Crippen molar-refractivity contribution in [1.29, 1.82) is 0 Å². The van der Waals surface area contributed by atoms with E-state index in [9.17, 15) is 4.79 Å². The summed E-state index contributed by atoms with van der Waals surface area (Å²) in [6.45, 7) is 0. The highest BCUT2D eigenvalue weighted by molar-refractivity contribution is 9.10. The lowest BCUT2D eigenvalue weighted by Gasteiger charge is -2.10. The topological polar surface area (TPSA) is 41.1 Å². The van der Waals surface area contributed by atoms with Crippen LogP contribution in [0.2, 0.25) is 5.02 Å². The number of amides is 1. The second-order valence-corrected chi connectivity index (χ2v) is 6.29. The highest BCUT2D eigenvalue weighted by Crippen LogP contribution is 2.25. The van der Waals surface area contributed by atoms with E-state index >= 15 is 0 Å². The summed E-state index contributed by atoms with van der Waals surface area (Å²) in [5, 5.41) is 6.43. The van der Waals surface area contributed by atoms with Crippen LogP contribution in [0.5, 0.6) is 0 Å². The zero-order chi connectivity index (χ0) is 15.9. The van der Waals surface area contributed by atoms with Crippen molar-refractivity contribution < 1.29 is 4.79 Å². The molecule has 2 aromatic rings. The summed E-state index contributed by atoms with van der Waals surface area (Å²) < 4.78 is 0.803. The molecule has 22 heavy (non-hydrogen) atoms. The SMILES string of the molecule is O=C(CCc1ccccc1)NC(=S)Nc1ccc(Br)c(Cl)c1. The molecule has 0 unspecified atom stereocenters. The Balaban J connectivity index is 1.81. The lowest BCUT2D eigenvalue weighted by atomic mass is 10.1. The van der Waals surface area contributed by atoms with Gasteiger partial charge in [0.25, 0.3) is 0 Å². The van der Waals surface area contributed by atoms with Crippen molar-refractivity contribution in [3.05, 3.63) is 63.6 Å². The first kappa shape index (κ1) is 16.9. The maximum atomic E-state index is 11.9. The van der Waals surface area contributed by atoms with Crippen LogP contribution >= 0.6 is 39.7 Å². The Morgan fingerprint density at radius 3 is 2.59 bits per heavy atom. The number of rotatable bonds is 4. The molecule has 0 spiro atoms. The lowest BCUT2D eigenvalue weighted by Crippen LogP contribution is -2.34. The first-order valence-corrected chi connectivity index (χ1v) is 8.22. The summed E-state index contributed by atoms with van der Waals surface area (Å²) >= 11 is 14.4. The fraction of sp³-hybridized carbons (Fsp3) is 0.125. The smallest absolute Gasteiger partial charge is 0.226 e. The summed E-state index contributed by atoms with van der Waals surface area (Å²) in [4.78, 5) is 11.9. The van der Waals surface area contributed by atoms with Gasteiger partial charge in [-0.1, -0.05) is 41.9 Å². The van der Waals surface area contributed by atoms with E-state index in [1.54, 1.807) is 6.07 Å². The summed E-state index contributed by atoms with van der Waals surface area (Å²) in [7, 11) is 0. The second kappa shape index (κ2) is 8.27. The van der Waals surface area contributed by atoms with Crippen LogP contribution in [0, 0.1) is 0 Å². The average Bonchev–Trinajstić information content (AvgIpc) is 2.50. The van der Waals surface area contributed by atoms with Gasteiger partial charge in [-0.15, -0.1) is 0 Å². The number of nitrogens with one attached hydrogen (secondary N) is 2. The molecule has 0 atom stereocenters. The van der Waals surface area contributed by atoms with Gasteiger partial charge in [-0.2, -0.15) is 0 Å². The van der Waals surface area contributed by atoms with Crippen molar-refractivity contribution in [2.24, 2.45) is 0 Å². The van der Waals surface area contributed by atoms with E-state index in [-0.39, 0.29) is 11.0 Å². The molecule has 0 aliphatic heterocycles. The van der Waals surface area contributed by atoms with Gasteiger partial charge in [0.1, 0.15) is 0 Å². The molecule has 0 saturated carbocycles. The van der Waals surface area contributed by atoms with Crippen LogP contribution in [0.25, 0.3) is 0 Å². The van der Waals surface area contributed by atoms with Gasteiger partial charge in [0.15, 0.2) is 5.11 Å². The molecule has 0 saturated heterocycles. The van der Waals surface area contributed by atoms with E-state index in [2.05, 4.69) is 26.6 Å². The number of carbonyl (C=O) groups is 1. The van der Waals surface area contributed by atoms with Crippen LogP contribution in [0.15, 0.2) is 53.0 Å². The van der Waals surface area contributed by atoms with Crippen molar-refractivity contribution in [1.82, 2.24) is 5.32 Å². The Hall–Kier alpha value is -1.43. The zero-order valence-corrected chi connectivity index (χ0v) is 14.8. The molecule has 114 valence electrons. The van der Waals surface area contributed by atoms with E-state index < -0.39 is 0 Å². The molecule has 0 aliphatic carbocycles. The van der Waals surface area contributed by atoms with Crippen LogP contribution in [0.4, 0.5) is 5.69 Å². The highest BCUT2D eigenvalue weighted by Gasteiger charge is 2.06. The monoisotopic (exact) mass is 396 g/mol. The second-order valence-electron chi connectivity index (χ2n) is 4.62. The third kappa shape index (κ3) is 5.40. The van der Waals surface area contributed by atoms with E-state index in [1.807, 2.05) is 42.5 Å². The molecule has 0 aromatic heterocycles. The molecule has 0 bridgehead atoms. The largest absolute Gasteiger partial charge is 0.332 e. The summed E-state index contributed by atoms with van der Waals surface area (Å²) in [6.07, 6.45) is 1.06. The number of anilines is 1. The molecule has 6 heteroatoms. The number of benzene rings is 2. The van der Waals surface area contributed by atoms with Crippen LogP contribution in [0.3, 0.4) is 0 Å². The summed E-state index contributed by atoms with van der Waals surface area (Å²) in [5.41, 5.74) is 1.85. The Morgan fingerprint density at radius 2 is 1.91 bits per heavy atom. The van der Waals surface area contributed by atoms with E-state index in [1.165, 1.54) is 0 Å². The number of halogens is 2. The molecule has 1 amide bonds. The Bertz CT molecular complexity index is 679. The molecule has 2 N–H and O–H groups in total. The summed E-state index contributed by atoms with van der Waals surface area (Å²) in [5.74, 6) is -0.121. The molecule has 0 fully saturated rings. The molecule has 3 nitrogen and oxygen atoms in total. The summed E-state index contributed by atoms with van der Waals surface area (Å²) in [6, 6.07) is 15.2. The number of carbonyl (C=O) groups excluding carboxylic acids is 1. The molecule has 0 aliphatic rings. The van der Waals surface area contributed by atoms with Gasteiger partial charge in [0.2, 0.25) is 5.91 Å². The Kier molecular flexibility index (Phi) is 6.36. The highest BCUT2D eigenvalue weighted by atomic mass is 79.9. The molecule has 0 heterocycles. The molecule has 0 radical (unpaired) electrons. The van der Waals surface area contributed by atoms with Gasteiger partial charge in [-0.05, 0) is 58.3 Å². The zero-order valence-electron chi connectivity index (χ0n) is 11.6. The maximum Gasteiger partial charge on any atom is 0.226 e.